The molecule has 0 fully saturated rings. The number of nitrogen functional groups attached to an aromatic ring is 1. The number of sulfonamides is 1. The summed E-state index contributed by atoms with van der Waals surface area (Å²) in [6, 6.07) is 7.36. The van der Waals surface area contributed by atoms with E-state index in [0.29, 0.717) is 30.9 Å². The summed E-state index contributed by atoms with van der Waals surface area (Å²) < 4.78 is 26.6. The third-order valence-electron chi connectivity index (χ3n) is 2.92. The highest BCUT2D eigenvalue weighted by Crippen LogP contribution is 2.08. The molecule has 7 heteroatoms. The normalized spacial score (nSPS) is 11.7. The molecule has 2 rings (SSSR count). The highest BCUT2D eigenvalue weighted by atomic mass is 32.2. The smallest absolute Gasteiger partial charge is 0.257 e. The van der Waals surface area contributed by atoms with Gasteiger partial charge in [-0.1, -0.05) is 19.1 Å². The van der Waals surface area contributed by atoms with Crippen molar-refractivity contribution >= 4 is 15.7 Å². The minimum absolute atomic E-state index is 0.103. The first kappa shape index (κ1) is 14.5. The Morgan fingerprint density at radius 2 is 2.00 bits per heavy atom. The van der Waals surface area contributed by atoms with E-state index < -0.39 is 10.0 Å². The minimum Gasteiger partial charge on any atom is -0.399 e. The summed E-state index contributed by atoms with van der Waals surface area (Å²) in [7, 11) is -3.52. The van der Waals surface area contributed by atoms with E-state index in [1.165, 1.54) is 6.20 Å². The van der Waals surface area contributed by atoms with Gasteiger partial charge in [0.05, 0.1) is 6.20 Å². The van der Waals surface area contributed by atoms with Crippen molar-refractivity contribution in [2.75, 3.05) is 12.3 Å². The number of aryl methyl sites for hydroxylation is 1. The molecule has 1 aromatic heterocycles. The number of benzene rings is 1. The number of hydrogen-bond acceptors (Lipinski definition) is 4. The summed E-state index contributed by atoms with van der Waals surface area (Å²) in [5.74, 6) is 0.656. The van der Waals surface area contributed by atoms with Gasteiger partial charge in [0.15, 0.2) is 5.03 Å². The second-order valence-electron chi connectivity index (χ2n) is 4.44. The molecule has 0 unspecified atom stereocenters. The fourth-order valence-electron chi connectivity index (χ4n) is 1.75. The molecule has 0 bridgehead atoms. The molecule has 0 spiro atoms. The third-order valence-corrected chi connectivity index (χ3v) is 4.29. The lowest BCUT2D eigenvalue weighted by molar-refractivity contribution is 0.578. The molecule has 0 saturated heterocycles. The Labute approximate surface area is 118 Å². The first-order chi connectivity index (χ1) is 9.51. The van der Waals surface area contributed by atoms with Crippen LogP contribution in [0.2, 0.25) is 0 Å². The summed E-state index contributed by atoms with van der Waals surface area (Å²) in [5.41, 5.74) is 7.32. The van der Waals surface area contributed by atoms with Gasteiger partial charge in [-0.3, -0.25) is 0 Å². The van der Waals surface area contributed by atoms with Crippen LogP contribution in [0.5, 0.6) is 0 Å². The number of rotatable bonds is 6. The van der Waals surface area contributed by atoms with Gasteiger partial charge in [0.25, 0.3) is 10.0 Å². The molecule has 0 amide bonds. The average Bonchev–Trinajstić information content (AvgIpc) is 2.90. The molecular weight excluding hydrogens is 276 g/mol. The highest BCUT2D eigenvalue weighted by Gasteiger charge is 2.16. The second-order valence-corrected chi connectivity index (χ2v) is 6.17. The van der Waals surface area contributed by atoms with Crippen molar-refractivity contribution < 1.29 is 8.42 Å². The van der Waals surface area contributed by atoms with E-state index in [4.69, 9.17) is 5.73 Å². The summed E-state index contributed by atoms with van der Waals surface area (Å²) >= 11 is 0. The first-order valence-corrected chi connectivity index (χ1v) is 7.87. The Hall–Kier alpha value is -1.86. The zero-order valence-corrected chi connectivity index (χ0v) is 12.1. The Kier molecular flexibility index (Phi) is 4.41. The Morgan fingerprint density at radius 1 is 1.30 bits per heavy atom. The zero-order chi connectivity index (χ0) is 14.6. The first-order valence-electron chi connectivity index (χ1n) is 6.39. The Bertz CT molecular complexity index is 662. The predicted molar refractivity (Wildman–Crippen MR) is 77.7 cm³/mol. The van der Waals surface area contributed by atoms with Crippen molar-refractivity contribution in [3.63, 3.8) is 0 Å². The van der Waals surface area contributed by atoms with Crippen molar-refractivity contribution in [3.8, 4) is 0 Å². The number of aromatic nitrogens is 2. The van der Waals surface area contributed by atoms with Crippen LogP contribution in [-0.2, 0) is 22.9 Å². The molecule has 0 aliphatic heterocycles. The van der Waals surface area contributed by atoms with Gasteiger partial charge in [0.2, 0.25) is 0 Å². The van der Waals surface area contributed by atoms with E-state index in [0.717, 1.165) is 5.56 Å². The number of hydrogen-bond donors (Lipinski definition) is 3. The summed E-state index contributed by atoms with van der Waals surface area (Å²) in [6.45, 7) is 2.23. The average molecular weight is 294 g/mol. The van der Waals surface area contributed by atoms with Crippen molar-refractivity contribution in [3.05, 3.63) is 41.9 Å². The lowest BCUT2D eigenvalue weighted by Crippen LogP contribution is -2.26. The van der Waals surface area contributed by atoms with Crippen LogP contribution in [0.25, 0.3) is 0 Å². The van der Waals surface area contributed by atoms with Crippen molar-refractivity contribution in [2.24, 2.45) is 0 Å². The van der Waals surface area contributed by atoms with Gasteiger partial charge in [-0.15, -0.1) is 0 Å². The van der Waals surface area contributed by atoms with Crippen molar-refractivity contribution in [1.29, 1.82) is 0 Å². The van der Waals surface area contributed by atoms with Crippen molar-refractivity contribution in [1.82, 2.24) is 14.7 Å². The number of imidazole rings is 1. The largest absolute Gasteiger partial charge is 0.399 e. The van der Waals surface area contributed by atoms with Crippen LogP contribution in [-0.4, -0.2) is 24.9 Å². The molecule has 0 saturated carbocycles. The second kappa shape index (κ2) is 6.06. The van der Waals surface area contributed by atoms with E-state index >= 15 is 0 Å². The van der Waals surface area contributed by atoms with Crippen LogP contribution in [0.15, 0.2) is 35.5 Å². The van der Waals surface area contributed by atoms with Gasteiger partial charge in [-0.25, -0.2) is 18.1 Å². The number of nitrogens with one attached hydrogen (secondary N) is 2. The summed E-state index contributed by atoms with van der Waals surface area (Å²) in [4.78, 5) is 6.77. The van der Waals surface area contributed by atoms with E-state index in [1.54, 1.807) is 12.1 Å². The van der Waals surface area contributed by atoms with Gasteiger partial charge in [-0.05, 0) is 24.1 Å². The molecule has 20 heavy (non-hydrogen) atoms. The van der Waals surface area contributed by atoms with Crippen LogP contribution >= 0.6 is 0 Å². The number of aromatic amines is 1. The van der Waals surface area contributed by atoms with Gasteiger partial charge < -0.3 is 10.7 Å². The van der Waals surface area contributed by atoms with Gasteiger partial charge >= 0.3 is 0 Å². The fourth-order valence-corrected chi connectivity index (χ4v) is 2.72. The molecule has 0 aliphatic carbocycles. The zero-order valence-electron chi connectivity index (χ0n) is 11.3. The van der Waals surface area contributed by atoms with Gasteiger partial charge in [0.1, 0.15) is 5.82 Å². The van der Waals surface area contributed by atoms with Crippen LogP contribution in [0.3, 0.4) is 0 Å². The SMILES string of the molecule is CCc1ncc(S(=O)(=O)NCCc2ccc(N)cc2)[nH]1. The molecule has 0 radical (unpaired) electrons. The van der Waals surface area contributed by atoms with Gasteiger partial charge in [0, 0.05) is 18.7 Å². The van der Waals surface area contributed by atoms with Crippen LogP contribution in [0.1, 0.15) is 18.3 Å². The summed E-state index contributed by atoms with van der Waals surface area (Å²) in [5, 5.41) is 0.103. The summed E-state index contributed by atoms with van der Waals surface area (Å²) in [6.07, 6.45) is 2.61. The van der Waals surface area contributed by atoms with Gasteiger partial charge in [-0.2, -0.15) is 0 Å². The van der Waals surface area contributed by atoms with Crippen molar-refractivity contribution in [2.45, 2.75) is 24.8 Å². The maximum atomic E-state index is 12.0. The molecule has 4 N–H and O–H groups in total. The van der Waals surface area contributed by atoms with Crippen LogP contribution in [0.4, 0.5) is 5.69 Å². The maximum Gasteiger partial charge on any atom is 0.257 e. The van der Waals surface area contributed by atoms with E-state index in [2.05, 4.69) is 14.7 Å². The topological polar surface area (TPSA) is 101 Å². The third kappa shape index (κ3) is 3.58. The molecule has 6 nitrogen and oxygen atoms in total. The molecule has 108 valence electrons. The number of anilines is 1. The van der Waals surface area contributed by atoms with E-state index in [9.17, 15) is 8.42 Å². The molecule has 0 atom stereocenters. The molecular formula is C13H18N4O2S. The Balaban J connectivity index is 1.94. The quantitative estimate of drug-likeness (QED) is 0.694. The maximum absolute atomic E-state index is 12.0. The van der Waals surface area contributed by atoms with E-state index in [1.807, 2.05) is 19.1 Å². The highest BCUT2D eigenvalue weighted by molar-refractivity contribution is 7.89. The standard InChI is InChI=1S/C13H18N4O2S/c1-2-12-15-9-13(17-12)20(18,19)16-8-7-10-3-5-11(14)6-4-10/h3-6,9,16H,2,7-8,14H2,1H3,(H,15,17). The Morgan fingerprint density at radius 3 is 2.60 bits per heavy atom. The molecule has 1 heterocycles. The fraction of sp³-hybridized carbons (Fsp3) is 0.308. The number of H-pyrrole nitrogens is 1. The monoisotopic (exact) mass is 294 g/mol. The molecule has 2 aromatic rings. The number of nitrogens with two attached hydrogens (primary N) is 1. The molecule has 0 aliphatic rings. The lowest BCUT2D eigenvalue weighted by Gasteiger charge is -2.05. The molecule has 1 aromatic carbocycles. The lowest BCUT2D eigenvalue weighted by atomic mass is 10.1. The predicted octanol–water partition coefficient (Wildman–Crippen LogP) is 1.08. The number of nitrogens with zero attached hydrogens (tertiary/aromatic N) is 1. The minimum atomic E-state index is -3.52. The van der Waals surface area contributed by atoms with E-state index in [-0.39, 0.29) is 5.03 Å². The van der Waals surface area contributed by atoms with Crippen LogP contribution < -0.4 is 10.5 Å². The van der Waals surface area contributed by atoms with Crippen LogP contribution in [0, 0.1) is 0 Å².